The van der Waals surface area contributed by atoms with Gasteiger partial charge in [0.15, 0.2) is 0 Å². The predicted octanol–water partition coefficient (Wildman–Crippen LogP) is 2.69. The Balaban J connectivity index is 1.92. The van der Waals surface area contributed by atoms with Gasteiger partial charge in [0.25, 0.3) is 0 Å². The maximum atomic E-state index is 4.25. The first-order chi connectivity index (χ1) is 7.43. The Morgan fingerprint density at radius 2 is 2.13 bits per heavy atom. The summed E-state index contributed by atoms with van der Waals surface area (Å²) in [4.78, 5) is 0. The Bertz CT molecular complexity index is 455. The predicted molar refractivity (Wildman–Crippen MR) is 61.1 cm³/mol. The first kappa shape index (κ1) is 8.77. The molecule has 0 aromatic carbocycles. The molecule has 15 heavy (non-hydrogen) atoms. The molecule has 2 aromatic heterocycles. The largest absolute Gasteiger partial charge is 0.381 e. The maximum absolute atomic E-state index is 4.25. The summed E-state index contributed by atoms with van der Waals surface area (Å²) in [5, 5.41) is 7.86. The van der Waals surface area contributed by atoms with Crippen molar-refractivity contribution < 1.29 is 0 Å². The molecule has 0 amide bonds. The Labute approximate surface area is 89.1 Å². The second kappa shape index (κ2) is 3.57. The number of anilines is 1. The Kier molecular flexibility index (Phi) is 2.09. The fourth-order valence-corrected chi connectivity index (χ4v) is 2.36. The van der Waals surface area contributed by atoms with Gasteiger partial charge >= 0.3 is 0 Å². The third-order valence-electron chi connectivity index (χ3n) is 3.15. The lowest BCUT2D eigenvalue weighted by atomic mass is 10.2. The van der Waals surface area contributed by atoms with Crippen molar-refractivity contribution in [2.24, 2.45) is 0 Å². The van der Waals surface area contributed by atoms with Gasteiger partial charge in [-0.1, -0.05) is 12.8 Å². The second-order valence-electron chi connectivity index (χ2n) is 4.21. The molecule has 0 bridgehead atoms. The van der Waals surface area contributed by atoms with Crippen LogP contribution in [0.4, 0.5) is 5.69 Å². The maximum Gasteiger partial charge on any atom is 0.0878 e. The minimum Gasteiger partial charge on any atom is -0.381 e. The average Bonchev–Trinajstić information content (AvgIpc) is 2.87. The Hall–Kier alpha value is -1.51. The number of hydrogen-bond acceptors (Lipinski definition) is 2. The molecule has 3 heteroatoms. The van der Waals surface area contributed by atoms with Crippen LogP contribution in [0.5, 0.6) is 0 Å². The number of aromatic nitrogens is 2. The summed E-state index contributed by atoms with van der Waals surface area (Å²) < 4.78 is 1.91. The van der Waals surface area contributed by atoms with Crippen molar-refractivity contribution in [3.8, 4) is 0 Å². The van der Waals surface area contributed by atoms with Crippen molar-refractivity contribution >= 4 is 11.2 Å². The molecule has 0 atom stereocenters. The van der Waals surface area contributed by atoms with E-state index in [9.17, 15) is 0 Å². The molecule has 78 valence electrons. The SMILES string of the molecule is c1cc2c(NC3CCCC3)ccnn2c1. The lowest BCUT2D eigenvalue weighted by Crippen LogP contribution is -2.15. The van der Waals surface area contributed by atoms with Crippen molar-refractivity contribution in [2.75, 3.05) is 5.32 Å². The lowest BCUT2D eigenvalue weighted by Gasteiger charge is -2.14. The summed E-state index contributed by atoms with van der Waals surface area (Å²) in [5.74, 6) is 0. The molecule has 1 aliphatic carbocycles. The van der Waals surface area contributed by atoms with Gasteiger partial charge in [0.2, 0.25) is 0 Å². The van der Waals surface area contributed by atoms with Gasteiger partial charge in [-0.15, -0.1) is 0 Å². The van der Waals surface area contributed by atoms with E-state index in [0.717, 1.165) is 0 Å². The fraction of sp³-hybridized carbons (Fsp3) is 0.417. The molecule has 0 spiro atoms. The van der Waals surface area contributed by atoms with Crippen LogP contribution in [0.25, 0.3) is 5.52 Å². The van der Waals surface area contributed by atoms with E-state index in [4.69, 9.17) is 0 Å². The monoisotopic (exact) mass is 201 g/mol. The van der Waals surface area contributed by atoms with Crippen molar-refractivity contribution in [1.29, 1.82) is 0 Å². The highest BCUT2D eigenvalue weighted by Crippen LogP contribution is 2.24. The standard InChI is InChI=1S/C12H15N3/c1-2-5-10(4-1)14-11-7-8-13-15-9-3-6-12(11)15/h3,6-10,14H,1-2,4-5H2. The summed E-state index contributed by atoms with van der Waals surface area (Å²) in [6.45, 7) is 0. The highest BCUT2D eigenvalue weighted by atomic mass is 15.2. The third-order valence-corrected chi connectivity index (χ3v) is 3.15. The summed E-state index contributed by atoms with van der Waals surface area (Å²) in [6, 6.07) is 6.85. The number of nitrogens with zero attached hydrogens (tertiary/aromatic N) is 2. The highest BCUT2D eigenvalue weighted by Gasteiger charge is 2.15. The van der Waals surface area contributed by atoms with Gasteiger partial charge in [0.1, 0.15) is 0 Å². The molecule has 2 aromatic rings. The van der Waals surface area contributed by atoms with Crippen LogP contribution in [-0.2, 0) is 0 Å². The summed E-state index contributed by atoms with van der Waals surface area (Å²) in [6.07, 6.45) is 9.16. The van der Waals surface area contributed by atoms with Crippen LogP contribution in [0, 0.1) is 0 Å². The van der Waals surface area contributed by atoms with E-state index in [0.29, 0.717) is 6.04 Å². The van der Waals surface area contributed by atoms with Gasteiger partial charge in [-0.05, 0) is 31.0 Å². The van der Waals surface area contributed by atoms with E-state index in [-0.39, 0.29) is 0 Å². The zero-order chi connectivity index (χ0) is 10.1. The van der Waals surface area contributed by atoms with E-state index in [1.54, 1.807) is 0 Å². The molecule has 1 fully saturated rings. The molecule has 1 N–H and O–H groups in total. The number of rotatable bonds is 2. The smallest absolute Gasteiger partial charge is 0.0878 e. The topological polar surface area (TPSA) is 29.3 Å². The molecule has 0 saturated heterocycles. The average molecular weight is 201 g/mol. The molecule has 0 aliphatic heterocycles. The molecule has 1 saturated carbocycles. The van der Waals surface area contributed by atoms with E-state index >= 15 is 0 Å². The summed E-state index contributed by atoms with van der Waals surface area (Å²) >= 11 is 0. The lowest BCUT2D eigenvalue weighted by molar-refractivity contribution is 0.754. The Morgan fingerprint density at radius 1 is 1.27 bits per heavy atom. The highest BCUT2D eigenvalue weighted by molar-refractivity contribution is 5.71. The minimum atomic E-state index is 0.658. The van der Waals surface area contributed by atoms with Gasteiger partial charge in [-0.3, -0.25) is 0 Å². The van der Waals surface area contributed by atoms with Crippen LogP contribution >= 0.6 is 0 Å². The van der Waals surface area contributed by atoms with Crippen LogP contribution in [0.15, 0.2) is 30.6 Å². The Morgan fingerprint density at radius 3 is 3.00 bits per heavy atom. The molecule has 0 radical (unpaired) electrons. The van der Waals surface area contributed by atoms with E-state index in [1.807, 2.05) is 23.0 Å². The molecule has 3 rings (SSSR count). The van der Waals surface area contributed by atoms with E-state index in [1.165, 1.54) is 36.9 Å². The van der Waals surface area contributed by atoms with E-state index < -0.39 is 0 Å². The molecule has 1 aliphatic rings. The van der Waals surface area contributed by atoms with Crippen molar-refractivity contribution in [2.45, 2.75) is 31.7 Å². The molecule has 0 unspecified atom stereocenters. The molecule has 3 nitrogen and oxygen atoms in total. The van der Waals surface area contributed by atoms with Crippen LogP contribution in [0.3, 0.4) is 0 Å². The number of fused-ring (bicyclic) bond motifs is 1. The molecular weight excluding hydrogens is 186 g/mol. The normalized spacial score (nSPS) is 17.3. The van der Waals surface area contributed by atoms with Crippen LogP contribution < -0.4 is 5.32 Å². The first-order valence-corrected chi connectivity index (χ1v) is 5.62. The quantitative estimate of drug-likeness (QED) is 0.809. The van der Waals surface area contributed by atoms with Gasteiger partial charge in [-0.2, -0.15) is 5.10 Å². The number of nitrogens with one attached hydrogen (secondary N) is 1. The van der Waals surface area contributed by atoms with Gasteiger partial charge < -0.3 is 5.32 Å². The van der Waals surface area contributed by atoms with Gasteiger partial charge in [-0.25, -0.2) is 4.52 Å². The second-order valence-corrected chi connectivity index (χ2v) is 4.21. The summed E-state index contributed by atoms with van der Waals surface area (Å²) in [7, 11) is 0. The number of hydrogen-bond donors (Lipinski definition) is 1. The van der Waals surface area contributed by atoms with Crippen LogP contribution in [0.2, 0.25) is 0 Å². The fourth-order valence-electron chi connectivity index (χ4n) is 2.36. The zero-order valence-corrected chi connectivity index (χ0v) is 8.69. The minimum absolute atomic E-state index is 0.658. The van der Waals surface area contributed by atoms with Gasteiger partial charge in [0.05, 0.1) is 11.2 Å². The van der Waals surface area contributed by atoms with Crippen molar-refractivity contribution in [1.82, 2.24) is 9.61 Å². The molecule has 2 heterocycles. The van der Waals surface area contributed by atoms with Gasteiger partial charge in [0, 0.05) is 18.4 Å². The van der Waals surface area contributed by atoms with Crippen LogP contribution in [-0.4, -0.2) is 15.7 Å². The van der Waals surface area contributed by atoms with Crippen molar-refractivity contribution in [3.63, 3.8) is 0 Å². The van der Waals surface area contributed by atoms with Crippen molar-refractivity contribution in [3.05, 3.63) is 30.6 Å². The molecular formula is C12H15N3. The van der Waals surface area contributed by atoms with E-state index in [2.05, 4.69) is 22.5 Å². The zero-order valence-electron chi connectivity index (χ0n) is 8.69. The van der Waals surface area contributed by atoms with Crippen LogP contribution in [0.1, 0.15) is 25.7 Å². The third kappa shape index (κ3) is 1.58. The summed E-state index contributed by atoms with van der Waals surface area (Å²) in [5.41, 5.74) is 2.38. The first-order valence-electron chi connectivity index (χ1n) is 5.62.